The maximum absolute atomic E-state index is 12.8. The molecule has 0 aliphatic heterocycles. The van der Waals surface area contributed by atoms with Crippen LogP contribution in [0.1, 0.15) is 30.1 Å². The molecule has 1 atom stereocenters. The van der Waals surface area contributed by atoms with Gasteiger partial charge in [0, 0.05) is 24.0 Å². The third-order valence-electron chi connectivity index (χ3n) is 3.92. The van der Waals surface area contributed by atoms with E-state index in [1.54, 1.807) is 48.8 Å². The van der Waals surface area contributed by atoms with Crippen LogP contribution in [0, 0.1) is 0 Å². The van der Waals surface area contributed by atoms with Crippen LogP contribution in [0.15, 0.2) is 48.8 Å². The van der Waals surface area contributed by atoms with Gasteiger partial charge in [-0.05, 0) is 50.1 Å². The maximum Gasteiger partial charge on any atom is 0.326 e. The molecule has 1 aromatic carbocycles. The molecule has 3 rings (SSSR count). The summed E-state index contributed by atoms with van der Waals surface area (Å²) in [5.41, 5.74) is 0.418. The van der Waals surface area contributed by atoms with Crippen LogP contribution in [0.3, 0.4) is 0 Å². The summed E-state index contributed by atoms with van der Waals surface area (Å²) in [4.78, 5) is 29.4. The maximum atomic E-state index is 12.8. The summed E-state index contributed by atoms with van der Waals surface area (Å²) in [5, 5.41) is 9.25. The van der Waals surface area contributed by atoms with E-state index < -0.39 is 12.0 Å². The summed E-state index contributed by atoms with van der Waals surface area (Å²) < 4.78 is 5.71. The van der Waals surface area contributed by atoms with Gasteiger partial charge in [-0.15, -0.1) is 0 Å². The Bertz CT molecular complexity index is 744. The van der Waals surface area contributed by atoms with Gasteiger partial charge >= 0.3 is 5.97 Å². The first kappa shape index (κ1) is 16.0. The molecule has 0 saturated heterocycles. The molecule has 1 saturated carbocycles. The van der Waals surface area contributed by atoms with Gasteiger partial charge in [-0.25, -0.2) is 4.79 Å². The van der Waals surface area contributed by atoms with Gasteiger partial charge < -0.3 is 14.7 Å². The fraction of sp³-hybridized carbons (Fsp3) is 0.278. The van der Waals surface area contributed by atoms with Crippen LogP contribution in [0.25, 0.3) is 0 Å². The number of rotatable bonds is 6. The lowest BCUT2D eigenvalue weighted by Gasteiger charge is -2.26. The molecule has 0 radical (unpaired) electrons. The zero-order valence-corrected chi connectivity index (χ0v) is 13.3. The Labute approximate surface area is 139 Å². The molecule has 24 heavy (non-hydrogen) atoms. The largest absolute Gasteiger partial charge is 0.480 e. The molecular formula is C18H18N2O4. The van der Waals surface area contributed by atoms with Gasteiger partial charge in [-0.2, -0.15) is 0 Å². The second kappa shape index (κ2) is 6.70. The Morgan fingerprint density at radius 2 is 1.92 bits per heavy atom. The van der Waals surface area contributed by atoms with Crippen molar-refractivity contribution < 1.29 is 19.4 Å². The highest BCUT2D eigenvalue weighted by Crippen LogP contribution is 2.31. The third-order valence-corrected chi connectivity index (χ3v) is 3.92. The van der Waals surface area contributed by atoms with Crippen molar-refractivity contribution in [3.05, 3.63) is 54.4 Å². The first-order valence-corrected chi connectivity index (χ1v) is 7.79. The number of hydrogen-bond acceptors (Lipinski definition) is 4. The van der Waals surface area contributed by atoms with E-state index in [0.29, 0.717) is 17.1 Å². The molecule has 0 bridgehead atoms. The average Bonchev–Trinajstić information content (AvgIpc) is 3.41. The van der Waals surface area contributed by atoms with Crippen molar-refractivity contribution >= 4 is 11.9 Å². The molecule has 6 nitrogen and oxygen atoms in total. The fourth-order valence-electron chi connectivity index (χ4n) is 2.51. The smallest absolute Gasteiger partial charge is 0.326 e. The lowest BCUT2D eigenvalue weighted by molar-refractivity contribution is -0.141. The SMILES string of the molecule is CC(C(=O)O)N(C(=O)c1cccc(Oc2ccncc2)c1)C1CC1. The summed E-state index contributed by atoms with van der Waals surface area (Å²) in [7, 11) is 0. The molecule has 1 fully saturated rings. The highest BCUT2D eigenvalue weighted by atomic mass is 16.5. The quantitative estimate of drug-likeness (QED) is 0.883. The van der Waals surface area contributed by atoms with Crippen LogP contribution in [-0.4, -0.2) is 39.0 Å². The summed E-state index contributed by atoms with van der Waals surface area (Å²) in [5.74, 6) is -0.148. The van der Waals surface area contributed by atoms with Crippen molar-refractivity contribution in [1.29, 1.82) is 0 Å². The second-order valence-corrected chi connectivity index (χ2v) is 5.77. The van der Waals surface area contributed by atoms with Crippen molar-refractivity contribution in [1.82, 2.24) is 9.88 Å². The number of carbonyl (C=O) groups is 2. The minimum atomic E-state index is -1.00. The van der Waals surface area contributed by atoms with E-state index >= 15 is 0 Å². The van der Waals surface area contributed by atoms with E-state index in [-0.39, 0.29) is 11.9 Å². The standard InChI is InChI=1S/C18H18N2O4/c1-12(18(22)23)20(14-5-6-14)17(21)13-3-2-4-16(11-13)24-15-7-9-19-10-8-15/h2-4,7-12,14H,5-6H2,1H3,(H,22,23). The van der Waals surface area contributed by atoms with E-state index in [2.05, 4.69) is 4.98 Å². The van der Waals surface area contributed by atoms with Gasteiger partial charge in [-0.1, -0.05) is 6.07 Å². The molecule has 1 heterocycles. The highest BCUT2D eigenvalue weighted by Gasteiger charge is 2.38. The van der Waals surface area contributed by atoms with Crippen LogP contribution < -0.4 is 4.74 Å². The molecule has 1 unspecified atom stereocenters. The van der Waals surface area contributed by atoms with Gasteiger partial charge in [0.05, 0.1) is 0 Å². The van der Waals surface area contributed by atoms with Gasteiger partial charge in [-0.3, -0.25) is 9.78 Å². The number of carboxylic acid groups (broad SMARTS) is 1. The van der Waals surface area contributed by atoms with E-state index in [9.17, 15) is 14.7 Å². The number of carbonyl (C=O) groups excluding carboxylic acids is 1. The topological polar surface area (TPSA) is 79.7 Å². The van der Waals surface area contributed by atoms with Crippen LogP contribution in [0.5, 0.6) is 11.5 Å². The van der Waals surface area contributed by atoms with Crippen LogP contribution in [0.2, 0.25) is 0 Å². The van der Waals surface area contributed by atoms with Crippen molar-refractivity contribution in [3.8, 4) is 11.5 Å². The van der Waals surface area contributed by atoms with E-state index in [1.165, 1.54) is 11.8 Å². The molecule has 1 aliphatic rings. The Morgan fingerprint density at radius 3 is 2.54 bits per heavy atom. The first-order chi connectivity index (χ1) is 11.6. The number of ether oxygens (including phenoxy) is 1. The fourth-order valence-corrected chi connectivity index (χ4v) is 2.51. The number of nitrogens with zero attached hydrogens (tertiary/aromatic N) is 2. The van der Waals surface area contributed by atoms with E-state index in [4.69, 9.17) is 4.74 Å². The van der Waals surface area contributed by atoms with Crippen LogP contribution in [0.4, 0.5) is 0 Å². The van der Waals surface area contributed by atoms with Crippen molar-refractivity contribution in [2.75, 3.05) is 0 Å². The molecule has 1 amide bonds. The Hall–Kier alpha value is -2.89. The van der Waals surface area contributed by atoms with Crippen molar-refractivity contribution in [3.63, 3.8) is 0 Å². The van der Waals surface area contributed by atoms with Crippen molar-refractivity contribution in [2.24, 2.45) is 0 Å². The predicted molar refractivity (Wildman–Crippen MR) is 87.0 cm³/mol. The number of pyridine rings is 1. The minimum absolute atomic E-state index is 0.00775. The predicted octanol–water partition coefficient (Wildman–Crippen LogP) is 2.95. The molecule has 1 aliphatic carbocycles. The molecule has 124 valence electrons. The monoisotopic (exact) mass is 326 g/mol. The normalized spacial score (nSPS) is 14.7. The second-order valence-electron chi connectivity index (χ2n) is 5.77. The molecule has 1 aromatic heterocycles. The number of aliphatic carboxylic acids is 1. The van der Waals surface area contributed by atoms with E-state index in [1.807, 2.05) is 0 Å². The number of carboxylic acids is 1. The summed E-state index contributed by atoms with van der Waals surface area (Å²) in [6.45, 7) is 1.54. The number of benzene rings is 1. The Balaban J connectivity index is 1.82. The highest BCUT2D eigenvalue weighted by molar-refractivity contribution is 5.97. The summed E-state index contributed by atoms with van der Waals surface area (Å²) in [6.07, 6.45) is 4.93. The Morgan fingerprint density at radius 1 is 1.21 bits per heavy atom. The van der Waals surface area contributed by atoms with Gasteiger partial charge in [0.25, 0.3) is 5.91 Å². The molecule has 1 N–H and O–H groups in total. The van der Waals surface area contributed by atoms with E-state index in [0.717, 1.165) is 12.8 Å². The molecule has 6 heteroatoms. The zero-order valence-electron chi connectivity index (χ0n) is 13.3. The lowest BCUT2D eigenvalue weighted by atomic mass is 10.1. The minimum Gasteiger partial charge on any atom is -0.480 e. The van der Waals surface area contributed by atoms with Gasteiger partial charge in [0.2, 0.25) is 0 Å². The Kier molecular flexibility index (Phi) is 4.46. The van der Waals surface area contributed by atoms with Gasteiger partial charge in [0.1, 0.15) is 17.5 Å². The third kappa shape index (κ3) is 3.53. The van der Waals surface area contributed by atoms with Gasteiger partial charge in [0.15, 0.2) is 0 Å². The molecular weight excluding hydrogens is 308 g/mol. The first-order valence-electron chi connectivity index (χ1n) is 7.79. The van der Waals surface area contributed by atoms with Crippen LogP contribution in [-0.2, 0) is 4.79 Å². The average molecular weight is 326 g/mol. The zero-order chi connectivity index (χ0) is 17.1. The number of hydrogen-bond donors (Lipinski definition) is 1. The molecule has 0 spiro atoms. The summed E-state index contributed by atoms with van der Waals surface area (Å²) >= 11 is 0. The van der Waals surface area contributed by atoms with Crippen LogP contribution >= 0.6 is 0 Å². The van der Waals surface area contributed by atoms with Crippen molar-refractivity contribution in [2.45, 2.75) is 31.8 Å². The lowest BCUT2D eigenvalue weighted by Crippen LogP contribution is -2.44. The number of amides is 1. The molecule has 2 aromatic rings. The number of aromatic nitrogens is 1. The summed E-state index contributed by atoms with van der Waals surface area (Å²) in [6, 6.07) is 9.37.